The normalized spacial score (nSPS) is 11.3. The van der Waals surface area contributed by atoms with Crippen molar-refractivity contribution in [3.05, 3.63) is 78.4 Å². The minimum atomic E-state index is 0. The van der Waals surface area contributed by atoms with Crippen LogP contribution in [0.1, 0.15) is 19.8 Å². The molecular weight excluding hydrogens is 442 g/mol. The van der Waals surface area contributed by atoms with E-state index in [1.165, 1.54) is 51.4 Å². The van der Waals surface area contributed by atoms with Crippen molar-refractivity contribution >= 4 is 25.3 Å². The Morgan fingerprint density at radius 2 is 1.54 bits per heavy atom. The molecular formula is C22H22Cl2OZr-2. The van der Waals surface area contributed by atoms with Gasteiger partial charge in [-0.2, -0.15) is 11.6 Å². The Hall–Kier alpha value is -0.917. The number of aliphatic hydroxyl groups is 1. The third-order valence-electron chi connectivity index (χ3n) is 3.69. The van der Waals surface area contributed by atoms with Gasteiger partial charge in [0.05, 0.1) is 0 Å². The number of aliphatic hydroxyl groups excluding tert-OH is 1. The molecule has 0 unspecified atom stereocenters. The molecule has 26 heavy (non-hydrogen) atoms. The van der Waals surface area contributed by atoms with Crippen molar-refractivity contribution in [2.45, 2.75) is 19.8 Å². The monoisotopic (exact) mass is 462 g/mol. The molecule has 0 atom stereocenters. The Bertz CT molecular complexity index is 799. The molecule has 4 heteroatoms. The van der Waals surface area contributed by atoms with Crippen LogP contribution in [0.2, 0.25) is 0 Å². The van der Waals surface area contributed by atoms with Gasteiger partial charge < -0.3 is 29.9 Å². The number of benzene rings is 2. The summed E-state index contributed by atoms with van der Waals surface area (Å²) in [6, 6.07) is 19.3. The first kappa shape index (κ1) is 25.1. The van der Waals surface area contributed by atoms with Gasteiger partial charge >= 0.3 is 34.9 Å². The summed E-state index contributed by atoms with van der Waals surface area (Å²) in [6.07, 6.45) is 8.76. The number of fused-ring (bicyclic) bond motifs is 3. The number of halogens is 2. The Balaban J connectivity index is 0.000000421. The van der Waals surface area contributed by atoms with E-state index in [2.05, 4.69) is 70.5 Å². The van der Waals surface area contributed by atoms with E-state index in [1.54, 1.807) is 0 Å². The quantitative estimate of drug-likeness (QED) is 0.490. The predicted octanol–water partition coefficient (Wildman–Crippen LogP) is -0.867. The van der Waals surface area contributed by atoms with Crippen LogP contribution in [0.25, 0.3) is 21.5 Å². The van der Waals surface area contributed by atoms with Crippen LogP contribution in [-0.2, 0) is 24.2 Å². The first-order valence-electron chi connectivity index (χ1n) is 8.15. The first-order valence-corrected chi connectivity index (χ1v) is 9.56. The maximum atomic E-state index is 8.44. The summed E-state index contributed by atoms with van der Waals surface area (Å²) in [7, 11) is 0. The molecule has 0 spiro atoms. The van der Waals surface area contributed by atoms with Gasteiger partial charge in [0.1, 0.15) is 0 Å². The van der Waals surface area contributed by atoms with Crippen LogP contribution in [-0.4, -0.2) is 15.4 Å². The smallest absolute Gasteiger partial charge is 0.0318 e. The van der Waals surface area contributed by atoms with E-state index in [4.69, 9.17) is 5.11 Å². The van der Waals surface area contributed by atoms with E-state index < -0.39 is 0 Å². The van der Waals surface area contributed by atoms with Crippen molar-refractivity contribution in [2.75, 3.05) is 6.61 Å². The van der Waals surface area contributed by atoms with Crippen LogP contribution in [0.5, 0.6) is 0 Å². The molecule has 1 N–H and O–H groups in total. The predicted molar refractivity (Wildman–Crippen MR) is 101 cm³/mol. The van der Waals surface area contributed by atoms with E-state index >= 15 is 0 Å². The molecule has 0 amide bonds. The molecule has 0 bridgehead atoms. The summed E-state index contributed by atoms with van der Waals surface area (Å²) in [6.45, 7) is 2.29. The SMILES string of the molecule is C[CH]=[Zr+2].OCCC1=CC[C-]=C1.[Cl-].[Cl-].c1ccc2c(c1)[cH-]c1ccccc12. The van der Waals surface area contributed by atoms with Gasteiger partial charge in [-0.1, -0.05) is 42.8 Å². The molecule has 0 fully saturated rings. The maximum Gasteiger partial charge on any atom is 0.0318 e. The van der Waals surface area contributed by atoms with Gasteiger partial charge in [0.2, 0.25) is 0 Å². The van der Waals surface area contributed by atoms with E-state index in [1.807, 2.05) is 13.0 Å². The molecule has 1 aliphatic rings. The zero-order valence-electron chi connectivity index (χ0n) is 14.8. The summed E-state index contributed by atoms with van der Waals surface area (Å²) in [5.41, 5.74) is 1.22. The first-order chi connectivity index (χ1) is 11.8. The van der Waals surface area contributed by atoms with Gasteiger partial charge in [0, 0.05) is 6.61 Å². The van der Waals surface area contributed by atoms with Crippen molar-refractivity contribution in [3.8, 4) is 0 Å². The molecule has 4 rings (SSSR count). The Morgan fingerprint density at radius 1 is 1.04 bits per heavy atom. The van der Waals surface area contributed by atoms with E-state index in [-0.39, 0.29) is 31.4 Å². The molecule has 0 saturated carbocycles. The van der Waals surface area contributed by atoms with Crippen molar-refractivity contribution in [1.82, 2.24) is 0 Å². The fourth-order valence-corrected chi connectivity index (χ4v) is 2.65. The van der Waals surface area contributed by atoms with E-state index in [0.29, 0.717) is 0 Å². The Labute approximate surface area is 183 Å². The van der Waals surface area contributed by atoms with Gasteiger partial charge in [0.25, 0.3) is 0 Å². The third-order valence-corrected chi connectivity index (χ3v) is 3.69. The second-order valence-electron chi connectivity index (χ2n) is 5.41. The van der Waals surface area contributed by atoms with E-state index in [9.17, 15) is 0 Å². The Morgan fingerprint density at radius 3 is 1.96 bits per heavy atom. The van der Waals surface area contributed by atoms with Crippen LogP contribution in [0.4, 0.5) is 0 Å². The fraction of sp³-hybridized carbons (Fsp3) is 0.182. The average Bonchev–Trinajstić information content (AvgIpc) is 3.24. The number of hydrogen-bond donors (Lipinski definition) is 1. The van der Waals surface area contributed by atoms with Gasteiger partial charge in [-0.3, -0.25) is 6.08 Å². The molecule has 0 aromatic heterocycles. The molecule has 136 valence electrons. The topological polar surface area (TPSA) is 20.2 Å². The second-order valence-corrected chi connectivity index (χ2v) is 6.83. The largest absolute Gasteiger partial charge is 1.00 e. The van der Waals surface area contributed by atoms with Gasteiger partial charge in [0.15, 0.2) is 0 Å². The molecule has 1 nitrogen and oxygen atoms in total. The summed E-state index contributed by atoms with van der Waals surface area (Å²) < 4.78 is 2.09. The zero-order valence-corrected chi connectivity index (χ0v) is 18.7. The molecule has 0 heterocycles. The number of allylic oxidation sites excluding steroid dienone is 3. The fourth-order valence-electron chi connectivity index (χ4n) is 2.65. The van der Waals surface area contributed by atoms with Crippen molar-refractivity contribution in [1.29, 1.82) is 0 Å². The molecule has 0 radical (unpaired) electrons. The molecule has 3 aromatic rings. The second kappa shape index (κ2) is 14.2. The maximum absolute atomic E-state index is 8.44. The average molecular weight is 465 g/mol. The number of hydrogen-bond acceptors (Lipinski definition) is 1. The molecule has 3 aromatic carbocycles. The van der Waals surface area contributed by atoms with Gasteiger partial charge in [-0.15, -0.1) is 46.2 Å². The summed E-state index contributed by atoms with van der Waals surface area (Å²) >= 11 is 1.51. The minimum Gasteiger partial charge on any atom is -1.00 e. The minimum absolute atomic E-state index is 0. The van der Waals surface area contributed by atoms with Gasteiger partial charge in [-0.25, -0.2) is 6.08 Å². The summed E-state index contributed by atoms with van der Waals surface area (Å²) in [4.78, 5) is 0. The number of rotatable bonds is 2. The standard InChI is InChI=1S/C13H9.C7H9O.C2H4.2ClH.Zr/c1-3-7-12-10(5-1)9-11-6-2-4-8-13(11)12;8-6-5-7-3-1-2-4-7;1-2;;;/h1-9H;3-4,8H,1,5-6H2;1H,2H3;2*1H;/q2*-1;;;;+2/p-2. The van der Waals surface area contributed by atoms with Crippen LogP contribution < -0.4 is 24.8 Å². The molecule has 1 aliphatic carbocycles. The van der Waals surface area contributed by atoms with Crippen molar-refractivity contribution in [2.24, 2.45) is 0 Å². The zero-order chi connectivity index (χ0) is 17.2. The van der Waals surface area contributed by atoms with Crippen LogP contribution >= 0.6 is 0 Å². The summed E-state index contributed by atoms with van der Waals surface area (Å²) in [5.74, 6) is 0. The molecule has 0 aliphatic heterocycles. The Kier molecular flexibility index (Phi) is 13.7. The van der Waals surface area contributed by atoms with Gasteiger partial charge in [-0.05, 0) is 0 Å². The third kappa shape index (κ3) is 7.37. The van der Waals surface area contributed by atoms with E-state index in [0.717, 1.165) is 12.8 Å². The summed E-state index contributed by atoms with van der Waals surface area (Å²) in [5, 5.41) is 13.8. The van der Waals surface area contributed by atoms with Crippen LogP contribution in [0.15, 0.2) is 72.3 Å². The van der Waals surface area contributed by atoms with Crippen molar-refractivity contribution < 1.29 is 54.2 Å². The van der Waals surface area contributed by atoms with Crippen LogP contribution in [0.3, 0.4) is 0 Å². The van der Waals surface area contributed by atoms with Crippen molar-refractivity contribution in [3.63, 3.8) is 0 Å². The molecule has 0 saturated heterocycles. The van der Waals surface area contributed by atoms with Crippen LogP contribution in [0, 0.1) is 6.08 Å².